The zero-order valence-corrected chi connectivity index (χ0v) is 13.7. The van der Waals surface area contributed by atoms with Gasteiger partial charge in [-0.15, -0.1) is 11.6 Å². The van der Waals surface area contributed by atoms with E-state index in [0.29, 0.717) is 0 Å². The maximum Gasteiger partial charge on any atom is 0.312 e. The van der Waals surface area contributed by atoms with Crippen LogP contribution in [0.25, 0.3) is 0 Å². The molecule has 0 radical (unpaired) electrons. The fourth-order valence-electron chi connectivity index (χ4n) is 0.907. The number of carbonyl (C=O) groups excluding carboxylic acids is 1. The number of rotatable bonds is 2. The van der Waals surface area contributed by atoms with Gasteiger partial charge in [0.15, 0.2) is 5.22 Å². The normalized spacial score (nSPS) is 15.5. The number of esters is 1. The lowest BCUT2D eigenvalue weighted by molar-refractivity contribution is -0.158. The molecular formula is C13H23ClO2Si. The Morgan fingerprint density at radius 1 is 1.24 bits per heavy atom. The minimum absolute atomic E-state index is 0.216. The van der Waals surface area contributed by atoms with E-state index >= 15 is 0 Å². The number of carbonyl (C=O) groups is 1. The first-order valence-electron chi connectivity index (χ1n) is 5.73. The Morgan fingerprint density at radius 2 is 1.71 bits per heavy atom. The summed E-state index contributed by atoms with van der Waals surface area (Å²) in [5.74, 6) is 5.89. The van der Waals surface area contributed by atoms with Crippen molar-refractivity contribution in [2.75, 3.05) is 5.88 Å². The maximum absolute atomic E-state index is 12.0. The van der Waals surface area contributed by atoms with E-state index in [-0.39, 0.29) is 11.8 Å². The molecule has 4 heteroatoms. The summed E-state index contributed by atoms with van der Waals surface area (Å²) in [5, 5.41) is -0.688. The molecule has 0 bridgehead atoms. The average Bonchev–Trinajstić information content (AvgIpc) is 2.11. The lowest BCUT2D eigenvalue weighted by atomic mass is 9.97. The Labute approximate surface area is 111 Å². The van der Waals surface area contributed by atoms with Gasteiger partial charge in [-0.1, -0.05) is 31.5 Å². The van der Waals surface area contributed by atoms with Crippen LogP contribution >= 0.6 is 11.6 Å². The molecule has 0 heterocycles. The molecule has 0 spiro atoms. The van der Waals surface area contributed by atoms with Gasteiger partial charge >= 0.3 is 5.97 Å². The second-order valence-electron chi connectivity index (χ2n) is 6.36. The summed E-state index contributed by atoms with van der Waals surface area (Å²) >= 11 is 5.59. The van der Waals surface area contributed by atoms with Crippen molar-refractivity contribution in [2.24, 2.45) is 5.41 Å². The first kappa shape index (κ1) is 16.5. The highest BCUT2D eigenvalue weighted by Gasteiger charge is 2.43. The summed E-state index contributed by atoms with van der Waals surface area (Å²) in [6, 6.07) is 0. The third-order valence-corrected chi connectivity index (χ3v) is 5.96. The molecule has 98 valence electrons. The molecule has 0 fully saturated rings. The molecule has 0 amide bonds. The molecule has 0 aliphatic carbocycles. The molecule has 0 aliphatic heterocycles. The summed E-state index contributed by atoms with van der Waals surface area (Å²) < 4.78 is 5.66. The summed E-state index contributed by atoms with van der Waals surface area (Å²) in [7, 11) is -1.76. The number of alkyl halides is 1. The van der Waals surface area contributed by atoms with E-state index in [1.54, 1.807) is 0 Å². The van der Waals surface area contributed by atoms with Gasteiger partial charge in [0.2, 0.25) is 0 Å². The van der Waals surface area contributed by atoms with E-state index < -0.39 is 18.7 Å². The van der Waals surface area contributed by atoms with Crippen LogP contribution in [0.1, 0.15) is 27.7 Å². The van der Waals surface area contributed by atoms with Crippen molar-refractivity contribution in [2.45, 2.75) is 52.6 Å². The van der Waals surface area contributed by atoms with Crippen LogP contribution in [0.2, 0.25) is 19.6 Å². The third kappa shape index (κ3) is 4.73. The molecule has 0 rings (SSSR count). The van der Waals surface area contributed by atoms with Gasteiger partial charge in [0, 0.05) is 0 Å². The van der Waals surface area contributed by atoms with Crippen LogP contribution in [0.3, 0.4) is 0 Å². The van der Waals surface area contributed by atoms with Crippen LogP contribution in [0, 0.1) is 17.3 Å². The molecule has 0 aromatic heterocycles. The highest BCUT2D eigenvalue weighted by atomic mass is 35.5. The molecule has 0 saturated heterocycles. The van der Waals surface area contributed by atoms with Crippen molar-refractivity contribution in [1.82, 2.24) is 0 Å². The molecule has 17 heavy (non-hydrogen) atoms. The fraction of sp³-hybridized carbons (Fsp3) is 0.769. The topological polar surface area (TPSA) is 26.3 Å². The first-order chi connectivity index (χ1) is 7.44. The largest absolute Gasteiger partial charge is 0.450 e. The summed E-state index contributed by atoms with van der Waals surface area (Å²) in [6.45, 7) is 13.8. The summed E-state index contributed by atoms with van der Waals surface area (Å²) in [5.41, 5.74) is -0.510. The van der Waals surface area contributed by atoms with Crippen LogP contribution in [0.5, 0.6) is 0 Å². The first-order valence-corrected chi connectivity index (χ1v) is 9.77. The molecule has 0 N–H and O–H groups in total. The molecular weight excluding hydrogens is 252 g/mol. The van der Waals surface area contributed by atoms with Gasteiger partial charge in [-0.2, -0.15) is 0 Å². The Hall–Kier alpha value is -0.463. The van der Waals surface area contributed by atoms with Crippen LogP contribution in [-0.2, 0) is 9.53 Å². The summed E-state index contributed by atoms with van der Waals surface area (Å²) in [4.78, 5) is 12.0. The zero-order chi connectivity index (χ0) is 13.9. The second-order valence-corrected chi connectivity index (χ2v) is 12.1. The van der Waals surface area contributed by atoms with Crippen molar-refractivity contribution in [3.8, 4) is 11.8 Å². The predicted molar refractivity (Wildman–Crippen MR) is 75.8 cm³/mol. The van der Waals surface area contributed by atoms with E-state index in [1.165, 1.54) is 0 Å². The summed E-state index contributed by atoms with van der Waals surface area (Å²) in [6.07, 6.45) is 0. The standard InChI is InChI=1S/C13H23ClO2Si/c1-12(2,3)11(15)16-13(4,9-8-10-14)17(5,6)7/h10H2,1-7H3. The van der Waals surface area contributed by atoms with Gasteiger partial charge in [-0.05, 0) is 27.7 Å². The molecule has 0 aromatic carbocycles. The van der Waals surface area contributed by atoms with Crippen molar-refractivity contribution < 1.29 is 9.53 Å². The van der Waals surface area contributed by atoms with Crippen molar-refractivity contribution >= 4 is 25.6 Å². The highest BCUT2D eigenvalue weighted by molar-refractivity contribution is 6.79. The number of halogens is 1. The van der Waals surface area contributed by atoms with Crippen molar-refractivity contribution in [3.05, 3.63) is 0 Å². The van der Waals surface area contributed by atoms with E-state index in [9.17, 15) is 4.79 Å². The quantitative estimate of drug-likeness (QED) is 0.334. The van der Waals surface area contributed by atoms with Crippen LogP contribution < -0.4 is 0 Å². The van der Waals surface area contributed by atoms with E-state index in [4.69, 9.17) is 16.3 Å². The molecule has 1 atom stereocenters. The van der Waals surface area contributed by atoms with E-state index in [2.05, 4.69) is 31.5 Å². The van der Waals surface area contributed by atoms with Crippen molar-refractivity contribution in [1.29, 1.82) is 0 Å². The van der Waals surface area contributed by atoms with E-state index in [1.807, 2.05) is 27.7 Å². The molecule has 2 nitrogen and oxygen atoms in total. The monoisotopic (exact) mass is 274 g/mol. The zero-order valence-electron chi connectivity index (χ0n) is 11.9. The Bertz CT molecular complexity index is 341. The predicted octanol–water partition coefficient (Wildman–Crippen LogP) is 3.45. The fourth-order valence-corrected chi connectivity index (χ4v) is 1.84. The molecule has 0 aliphatic rings. The van der Waals surface area contributed by atoms with Crippen molar-refractivity contribution in [3.63, 3.8) is 0 Å². The highest BCUT2D eigenvalue weighted by Crippen LogP contribution is 2.28. The van der Waals surface area contributed by atoms with Gasteiger partial charge in [0.1, 0.15) is 8.07 Å². The molecule has 0 saturated carbocycles. The Balaban J connectivity index is 5.18. The van der Waals surface area contributed by atoms with Crippen LogP contribution in [-0.4, -0.2) is 25.1 Å². The number of hydrogen-bond donors (Lipinski definition) is 0. The number of ether oxygens (including phenoxy) is 1. The second kappa shape index (κ2) is 5.45. The average molecular weight is 275 g/mol. The molecule has 1 unspecified atom stereocenters. The Kier molecular flexibility index (Phi) is 5.30. The minimum atomic E-state index is -1.76. The SMILES string of the molecule is CC(C)(C)C(=O)OC(C)(C#CCCl)[Si](C)(C)C. The van der Waals surface area contributed by atoms with Gasteiger partial charge < -0.3 is 4.74 Å². The Morgan fingerprint density at radius 3 is 2.00 bits per heavy atom. The molecule has 0 aromatic rings. The van der Waals surface area contributed by atoms with Gasteiger partial charge in [0.25, 0.3) is 0 Å². The van der Waals surface area contributed by atoms with E-state index in [0.717, 1.165) is 0 Å². The minimum Gasteiger partial charge on any atom is -0.450 e. The van der Waals surface area contributed by atoms with Gasteiger partial charge in [-0.25, -0.2) is 0 Å². The maximum atomic E-state index is 12.0. The van der Waals surface area contributed by atoms with Crippen LogP contribution in [0.4, 0.5) is 0 Å². The van der Waals surface area contributed by atoms with Gasteiger partial charge in [0.05, 0.1) is 11.3 Å². The lowest BCUT2D eigenvalue weighted by Gasteiger charge is -2.37. The van der Waals surface area contributed by atoms with Crippen LogP contribution in [0.15, 0.2) is 0 Å². The lowest BCUT2D eigenvalue weighted by Crippen LogP contribution is -2.53. The third-order valence-electron chi connectivity index (χ3n) is 2.73. The van der Waals surface area contributed by atoms with Gasteiger partial charge in [-0.3, -0.25) is 4.79 Å². The smallest absolute Gasteiger partial charge is 0.312 e. The number of hydrogen-bond acceptors (Lipinski definition) is 2.